The second kappa shape index (κ2) is 8.70. The van der Waals surface area contributed by atoms with Crippen molar-refractivity contribution in [3.8, 4) is 5.75 Å². The van der Waals surface area contributed by atoms with Crippen molar-refractivity contribution >= 4 is 11.9 Å². The number of likely N-dealkylation sites (tertiary alicyclic amines) is 1. The van der Waals surface area contributed by atoms with Gasteiger partial charge in [0, 0.05) is 25.2 Å². The van der Waals surface area contributed by atoms with Crippen molar-refractivity contribution in [2.24, 2.45) is 0 Å². The van der Waals surface area contributed by atoms with E-state index in [1.807, 2.05) is 36.1 Å². The molecule has 1 saturated heterocycles. The predicted molar refractivity (Wildman–Crippen MR) is 100.0 cm³/mol. The first kappa shape index (κ1) is 18.9. The fraction of sp³-hybridized carbons (Fsp3) is 0.450. The van der Waals surface area contributed by atoms with Gasteiger partial charge in [-0.1, -0.05) is 19.1 Å². The zero-order valence-corrected chi connectivity index (χ0v) is 15.5. The molecule has 1 aliphatic rings. The number of para-hydroxylation sites is 1. The zero-order chi connectivity index (χ0) is 19.2. The molecule has 0 saturated carbocycles. The molecule has 0 spiro atoms. The van der Waals surface area contributed by atoms with E-state index in [1.54, 1.807) is 12.3 Å². The third-order valence-corrected chi connectivity index (χ3v) is 4.66. The molecular formula is C20H25N3O4. The molecule has 1 aromatic heterocycles. The Labute approximate surface area is 158 Å². The Morgan fingerprint density at radius 1 is 1.30 bits per heavy atom. The summed E-state index contributed by atoms with van der Waals surface area (Å²) >= 11 is 0. The molecule has 1 fully saturated rings. The Morgan fingerprint density at radius 3 is 2.89 bits per heavy atom. The topological polar surface area (TPSA) is 84.7 Å². The number of nitrogens with zero attached hydrogens (tertiary/aromatic N) is 3. The molecule has 0 aliphatic carbocycles. The average molecular weight is 371 g/mol. The maximum Gasteiger partial charge on any atom is 0.325 e. The second-order valence-corrected chi connectivity index (χ2v) is 6.77. The first-order valence-electron chi connectivity index (χ1n) is 9.34. The van der Waals surface area contributed by atoms with Gasteiger partial charge in [-0.25, -0.2) is 0 Å². The number of carboxylic acid groups (broad SMARTS) is 1. The van der Waals surface area contributed by atoms with E-state index < -0.39 is 5.97 Å². The Bertz CT molecular complexity index is 802. The molecule has 2 aromatic rings. The number of ether oxygens (including phenoxy) is 1. The number of hydrogen-bond donors (Lipinski definition) is 1. The lowest BCUT2D eigenvalue weighted by Gasteiger charge is -2.32. The van der Waals surface area contributed by atoms with Crippen molar-refractivity contribution in [3.05, 3.63) is 47.8 Å². The predicted octanol–water partition coefficient (Wildman–Crippen LogP) is 2.78. The van der Waals surface area contributed by atoms with Crippen LogP contribution in [0.4, 0.5) is 0 Å². The molecule has 1 amide bonds. The standard InChI is InChI=1S/C20H25N3O4/c1-2-12-27-18-8-4-3-7-16(18)20(26)22-10-5-6-15(13-22)17-9-11-23(21-17)14-19(24)25/h3-4,7-9,11,15H,2,5-6,10,12-14H2,1H3,(H,24,25)/t15-/m0/s1. The summed E-state index contributed by atoms with van der Waals surface area (Å²) in [6.07, 6.45) is 4.38. The SMILES string of the molecule is CCCOc1ccccc1C(=O)N1CCC[C@H](c2ccn(CC(=O)O)n2)C1. The number of amides is 1. The summed E-state index contributed by atoms with van der Waals surface area (Å²) in [5.74, 6) is -0.219. The first-order valence-corrected chi connectivity index (χ1v) is 9.34. The van der Waals surface area contributed by atoms with E-state index >= 15 is 0 Å². The van der Waals surface area contributed by atoms with E-state index in [0.717, 1.165) is 25.0 Å². The Kier molecular flexibility index (Phi) is 6.11. The smallest absolute Gasteiger partial charge is 0.325 e. The van der Waals surface area contributed by atoms with Crippen LogP contribution in [0.25, 0.3) is 0 Å². The van der Waals surface area contributed by atoms with Crippen molar-refractivity contribution in [2.75, 3.05) is 19.7 Å². The molecule has 0 radical (unpaired) electrons. The van der Waals surface area contributed by atoms with E-state index in [2.05, 4.69) is 5.10 Å². The number of carbonyl (C=O) groups is 2. The lowest BCUT2D eigenvalue weighted by atomic mass is 9.94. The molecule has 1 atom stereocenters. The fourth-order valence-corrected chi connectivity index (χ4v) is 3.38. The van der Waals surface area contributed by atoms with Crippen LogP contribution in [-0.4, -0.2) is 51.4 Å². The average Bonchev–Trinajstić information content (AvgIpc) is 3.14. The third kappa shape index (κ3) is 4.67. The van der Waals surface area contributed by atoms with Crippen LogP contribution in [0, 0.1) is 0 Å². The van der Waals surface area contributed by atoms with Crippen molar-refractivity contribution in [2.45, 2.75) is 38.6 Å². The van der Waals surface area contributed by atoms with E-state index in [0.29, 0.717) is 31.0 Å². The molecule has 1 aliphatic heterocycles. The maximum atomic E-state index is 13.1. The summed E-state index contributed by atoms with van der Waals surface area (Å²) < 4.78 is 7.15. The van der Waals surface area contributed by atoms with Crippen LogP contribution in [0.1, 0.15) is 48.2 Å². The molecule has 0 bridgehead atoms. The number of carboxylic acids is 1. The number of hydrogen-bond acceptors (Lipinski definition) is 4. The van der Waals surface area contributed by atoms with Crippen molar-refractivity contribution in [3.63, 3.8) is 0 Å². The largest absolute Gasteiger partial charge is 0.493 e. The van der Waals surface area contributed by atoms with Gasteiger partial charge in [-0.05, 0) is 37.5 Å². The van der Waals surface area contributed by atoms with E-state index in [9.17, 15) is 9.59 Å². The highest BCUT2D eigenvalue weighted by molar-refractivity contribution is 5.97. The van der Waals surface area contributed by atoms with Gasteiger partial charge in [0.25, 0.3) is 5.91 Å². The van der Waals surface area contributed by atoms with Gasteiger partial charge in [-0.15, -0.1) is 0 Å². The normalized spacial score (nSPS) is 16.9. The first-order chi connectivity index (χ1) is 13.1. The molecule has 27 heavy (non-hydrogen) atoms. The highest BCUT2D eigenvalue weighted by Crippen LogP contribution is 2.28. The summed E-state index contributed by atoms with van der Waals surface area (Å²) in [4.78, 5) is 25.7. The Morgan fingerprint density at radius 2 is 2.11 bits per heavy atom. The van der Waals surface area contributed by atoms with Gasteiger partial charge in [0.2, 0.25) is 0 Å². The summed E-state index contributed by atoms with van der Waals surface area (Å²) in [6, 6.07) is 9.20. The van der Waals surface area contributed by atoms with Gasteiger partial charge in [0.15, 0.2) is 0 Å². The van der Waals surface area contributed by atoms with Gasteiger partial charge in [0.1, 0.15) is 12.3 Å². The van der Waals surface area contributed by atoms with Crippen molar-refractivity contribution in [1.29, 1.82) is 0 Å². The minimum absolute atomic E-state index is 0.0311. The number of aromatic nitrogens is 2. The molecule has 144 valence electrons. The quantitative estimate of drug-likeness (QED) is 0.809. The Hall–Kier alpha value is -2.83. The van der Waals surface area contributed by atoms with Gasteiger partial charge < -0.3 is 14.7 Å². The molecule has 2 heterocycles. The number of aliphatic carboxylic acids is 1. The summed E-state index contributed by atoms with van der Waals surface area (Å²) in [6.45, 7) is 3.73. The van der Waals surface area contributed by atoms with Crippen LogP contribution >= 0.6 is 0 Å². The van der Waals surface area contributed by atoms with Gasteiger partial charge in [0.05, 0.1) is 17.9 Å². The van der Waals surface area contributed by atoms with Gasteiger partial charge in [-0.3, -0.25) is 14.3 Å². The van der Waals surface area contributed by atoms with Crippen LogP contribution in [0.2, 0.25) is 0 Å². The number of rotatable bonds is 7. The van der Waals surface area contributed by atoms with Crippen molar-refractivity contribution < 1.29 is 19.4 Å². The molecule has 1 aromatic carbocycles. The monoisotopic (exact) mass is 371 g/mol. The lowest BCUT2D eigenvalue weighted by molar-refractivity contribution is -0.137. The molecule has 7 heteroatoms. The lowest BCUT2D eigenvalue weighted by Crippen LogP contribution is -2.39. The highest BCUT2D eigenvalue weighted by atomic mass is 16.5. The molecule has 3 rings (SSSR count). The maximum absolute atomic E-state index is 13.1. The number of carbonyl (C=O) groups excluding carboxylic acids is 1. The van der Waals surface area contributed by atoms with Crippen LogP contribution in [-0.2, 0) is 11.3 Å². The molecular weight excluding hydrogens is 346 g/mol. The third-order valence-electron chi connectivity index (χ3n) is 4.66. The molecule has 0 unspecified atom stereocenters. The summed E-state index contributed by atoms with van der Waals surface area (Å²) in [7, 11) is 0. The minimum Gasteiger partial charge on any atom is -0.493 e. The van der Waals surface area contributed by atoms with Crippen LogP contribution in [0.15, 0.2) is 36.5 Å². The number of benzene rings is 1. The van der Waals surface area contributed by atoms with E-state index in [1.165, 1.54) is 4.68 Å². The van der Waals surface area contributed by atoms with Crippen LogP contribution in [0.3, 0.4) is 0 Å². The fourth-order valence-electron chi connectivity index (χ4n) is 3.38. The number of piperidine rings is 1. The van der Waals surface area contributed by atoms with Crippen LogP contribution < -0.4 is 4.74 Å². The van der Waals surface area contributed by atoms with Gasteiger partial charge >= 0.3 is 5.97 Å². The van der Waals surface area contributed by atoms with E-state index in [4.69, 9.17) is 9.84 Å². The molecule has 1 N–H and O–H groups in total. The Balaban J connectivity index is 1.71. The zero-order valence-electron chi connectivity index (χ0n) is 15.5. The van der Waals surface area contributed by atoms with Gasteiger partial charge in [-0.2, -0.15) is 5.10 Å². The minimum atomic E-state index is -0.922. The van der Waals surface area contributed by atoms with Crippen molar-refractivity contribution in [1.82, 2.24) is 14.7 Å². The van der Waals surface area contributed by atoms with E-state index in [-0.39, 0.29) is 18.4 Å². The summed E-state index contributed by atoms with van der Waals surface area (Å²) in [5.41, 5.74) is 1.42. The molecule has 7 nitrogen and oxygen atoms in total. The highest BCUT2D eigenvalue weighted by Gasteiger charge is 2.28. The summed E-state index contributed by atoms with van der Waals surface area (Å²) in [5, 5.41) is 13.3. The second-order valence-electron chi connectivity index (χ2n) is 6.77. The van der Waals surface area contributed by atoms with Crippen LogP contribution in [0.5, 0.6) is 5.75 Å².